The van der Waals surface area contributed by atoms with Crippen molar-refractivity contribution in [2.45, 2.75) is 20.4 Å². The normalized spacial score (nSPS) is 11.1. The molecule has 0 saturated heterocycles. The molecule has 5 rings (SSSR count). The molecule has 0 unspecified atom stereocenters. The lowest BCUT2D eigenvalue weighted by Crippen LogP contribution is -2.27. The van der Waals surface area contributed by atoms with Gasteiger partial charge in [0.2, 0.25) is 5.91 Å². The van der Waals surface area contributed by atoms with E-state index in [1.54, 1.807) is 13.2 Å². The lowest BCUT2D eigenvalue weighted by molar-refractivity contribution is -0.116. The fourth-order valence-corrected chi connectivity index (χ4v) is 5.15. The largest absolute Gasteiger partial charge is 0.495 e. The van der Waals surface area contributed by atoms with Crippen molar-refractivity contribution in [1.29, 1.82) is 0 Å². The van der Waals surface area contributed by atoms with E-state index in [4.69, 9.17) is 4.74 Å². The molecule has 0 spiro atoms. The maximum absolute atomic E-state index is 13.3. The van der Waals surface area contributed by atoms with E-state index in [0.717, 1.165) is 32.6 Å². The highest BCUT2D eigenvalue weighted by Crippen LogP contribution is 2.37. The minimum atomic E-state index is -0.341. The number of hydrogen-bond donors (Lipinski definition) is 1. The number of rotatable bonds is 5. The zero-order valence-electron chi connectivity index (χ0n) is 19.0. The molecule has 0 atom stereocenters. The van der Waals surface area contributed by atoms with Crippen LogP contribution in [0.3, 0.4) is 0 Å². The number of fused-ring (bicyclic) bond motifs is 3. The molecule has 0 aliphatic heterocycles. The second-order valence-electron chi connectivity index (χ2n) is 8.07. The maximum Gasteiger partial charge on any atom is 0.271 e. The van der Waals surface area contributed by atoms with Crippen molar-refractivity contribution < 1.29 is 9.53 Å². The summed E-state index contributed by atoms with van der Waals surface area (Å²) in [7, 11) is 1.55. The number of amides is 1. The number of anilines is 1. The molecule has 3 heterocycles. The summed E-state index contributed by atoms with van der Waals surface area (Å²) in [6.07, 6.45) is 1.43. The van der Waals surface area contributed by atoms with Crippen LogP contribution < -0.4 is 15.6 Å². The van der Waals surface area contributed by atoms with Gasteiger partial charge in [-0.2, -0.15) is 0 Å². The smallest absolute Gasteiger partial charge is 0.271 e. The average Bonchev–Trinajstić information content (AvgIpc) is 3.20. The highest BCUT2D eigenvalue weighted by atomic mass is 32.1. The van der Waals surface area contributed by atoms with Crippen LogP contribution in [0.2, 0.25) is 0 Å². The number of nitrogens with one attached hydrogen (secondary N) is 1. The third-order valence-corrected chi connectivity index (χ3v) is 6.63. The quantitative estimate of drug-likeness (QED) is 0.393. The van der Waals surface area contributed by atoms with E-state index in [9.17, 15) is 9.59 Å². The molecule has 0 saturated carbocycles. The van der Waals surface area contributed by atoms with Gasteiger partial charge in [-0.25, -0.2) is 9.97 Å². The van der Waals surface area contributed by atoms with Crippen molar-refractivity contribution in [3.8, 4) is 16.9 Å². The molecule has 2 aromatic carbocycles. The van der Waals surface area contributed by atoms with Crippen LogP contribution in [-0.4, -0.2) is 27.6 Å². The molecule has 1 N–H and O–H groups in total. The lowest BCUT2D eigenvalue weighted by Gasteiger charge is -2.11. The molecule has 3 aromatic heterocycles. The number of carbonyl (C=O) groups is 1. The fourth-order valence-electron chi connectivity index (χ4n) is 4.01. The minimum Gasteiger partial charge on any atom is -0.495 e. The predicted molar refractivity (Wildman–Crippen MR) is 136 cm³/mol. The predicted octanol–water partition coefficient (Wildman–Crippen LogP) is 4.94. The Balaban J connectivity index is 1.54. The Morgan fingerprint density at radius 2 is 1.91 bits per heavy atom. The van der Waals surface area contributed by atoms with Gasteiger partial charge < -0.3 is 10.1 Å². The monoisotopic (exact) mass is 470 g/mol. The summed E-state index contributed by atoms with van der Waals surface area (Å²) < 4.78 is 7.13. The number of nitrogens with zero attached hydrogens (tertiary/aromatic N) is 3. The van der Waals surface area contributed by atoms with Gasteiger partial charge in [-0.15, -0.1) is 11.3 Å². The summed E-state index contributed by atoms with van der Waals surface area (Å²) in [4.78, 5) is 36.0. The van der Waals surface area contributed by atoms with Crippen molar-refractivity contribution in [3.63, 3.8) is 0 Å². The van der Waals surface area contributed by atoms with Crippen molar-refractivity contribution in [1.82, 2.24) is 14.5 Å². The zero-order valence-corrected chi connectivity index (χ0v) is 19.8. The van der Waals surface area contributed by atoms with E-state index in [1.165, 1.54) is 22.2 Å². The van der Waals surface area contributed by atoms with Crippen molar-refractivity contribution >= 4 is 43.4 Å². The highest BCUT2D eigenvalue weighted by molar-refractivity contribution is 7.25. The van der Waals surface area contributed by atoms with Crippen molar-refractivity contribution in [3.05, 3.63) is 82.5 Å². The van der Waals surface area contributed by atoms with Gasteiger partial charge in [0.05, 0.1) is 24.6 Å². The van der Waals surface area contributed by atoms with E-state index in [2.05, 4.69) is 15.3 Å². The molecule has 0 aliphatic carbocycles. The molecular weight excluding hydrogens is 448 g/mol. The highest BCUT2D eigenvalue weighted by Gasteiger charge is 2.18. The number of ether oxygens (including phenoxy) is 1. The summed E-state index contributed by atoms with van der Waals surface area (Å²) in [5.41, 5.74) is 4.77. The van der Waals surface area contributed by atoms with E-state index < -0.39 is 0 Å². The third kappa shape index (κ3) is 3.92. The first-order valence-corrected chi connectivity index (χ1v) is 11.6. The van der Waals surface area contributed by atoms with Crippen molar-refractivity contribution in [2.24, 2.45) is 0 Å². The van der Waals surface area contributed by atoms with Gasteiger partial charge in [-0.1, -0.05) is 36.4 Å². The van der Waals surface area contributed by atoms with E-state index in [-0.39, 0.29) is 18.0 Å². The van der Waals surface area contributed by atoms with Crippen LogP contribution >= 0.6 is 11.3 Å². The van der Waals surface area contributed by atoms with Gasteiger partial charge in [0.1, 0.15) is 21.8 Å². The van der Waals surface area contributed by atoms with Gasteiger partial charge >= 0.3 is 0 Å². The molecule has 8 heteroatoms. The average molecular weight is 471 g/mol. The maximum atomic E-state index is 13.3. The molecule has 0 radical (unpaired) electrons. The molecule has 0 bridgehead atoms. The third-order valence-electron chi connectivity index (χ3n) is 5.57. The SMILES string of the molecule is COc1ccc(C)cc1NC(=O)Cn1cnc2c(sc3nc(C)cc(-c4ccccc4)c32)c1=O. The molecule has 170 valence electrons. The molecular formula is C26H22N4O3S. The van der Waals surface area contributed by atoms with Crippen LogP contribution in [0.25, 0.3) is 31.6 Å². The Labute approximate surface area is 199 Å². The number of pyridine rings is 1. The first-order chi connectivity index (χ1) is 16.4. The Morgan fingerprint density at radius 3 is 2.68 bits per heavy atom. The second kappa shape index (κ2) is 8.72. The Kier molecular flexibility index (Phi) is 5.59. The lowest BCUT2D eigenvalue weighted by atomic mass is 10.0. The van der Waals surface area contributed by atoms with E-state index in [1.807, 2.05) is 62.4 Å². The first kappa shape index (κ1) is 21.8. The van der Waals surface area contributed by atoms with Gasteiger partial charge in [0.25, 0.3) is 5.56 Å². The Hall–Kier alpha value is -4.04. The number of benzene rings is 2. The standard InChI is InChI=1S/C26H22N4O3S/c1-15-9-10-20(33-3)19(11-15)29-21(31)13-30-14-27-23-22-18(17-7-5-4-6-8-17)12-16(2)28-25(22)34-24(23)26(30)32/h4-12,14H,13H2,1-3H3,(H,29,31). The summed E-state index contributed by atoms with van der Waals surface area (Å²) in [5.74, 6) is 0.214. The summed E-state index contributed by atoms with van der Waals surface area (Å²) in [6.45, 7) is 3.70. The number of methoxy groups -OCH3 is 1. The van der Waals surface area contributed by atoms with Crippen LogP contribution in [0.4, 0.5) is 5.69 Å². The fraction of sp³-hybridized carbons (Fsp3) is 0.154. The molecule has 0 fully saturated rings. The number of thiophene rings is 1. The zero-order chi connectivity index (χ0) is 23.8. The number of hydrogen-bond acceptors (Lipinski definition) is 6. The number of aryl methyl sites for hydroxylation is 2. The number of aromatic nitrogens is 3. The Bertz CT molecular complexity index is 1610. The molecule has 34 heavy (non-hydrogen) atoms. The first-order valence-electron chi connectivity index (χ1n) is 10.7. The Morgan fingerprint density at radius 1 is 1.12 bits per heavy atom. The van der Waals surface area contributed by atoms with E-state index >= 15 is 0 Å². The van der Waals surface area contributed by atoms with Crippen molar-refractivity contribution in [2.75, 3.05) is 12.4 Å². The summed E-state index contributed by atoms with van der Waals surface area (Å²) >= 11 is 1.31. The van der Waals surface area contributed by atoms with Gasteiger partial charge in [-0.3, -0.25) is 14.2 Å². The van der Waals surface area contributed by atoms with Gasteiger partial charge in [0, 0.05) is 11.1 Å². The van der Waals surface area contributed by atoms with Crippen LogP contribution in [0.15, 0.2) is 65.7 Å². The van der Waals surface area contributed by atoms with Crippen LogP contribution in [-0.2, 0) is 11.3 Å². The van der Waals surface area contributed by atoms with Crippen LogP contribution in [0.5, 0.6) is 5.75 Å². The molecule has 7 nitrogen and oxygen atoms in total. The molecule has 5 aromatic rings. The summed E-state index contributed by atoms with van der Waals surface area (Å²) in [5, 5.41) is 3.69. The number of carbonyl (C=O) groups excluding carboxylic acids is 1. The minimum absolute atomic E-state index is 0.162. The summed E-state index contributed by atoms with van der Waals surface area (Å²) in [6, 6.07) is 17.5. The topological polar surface area (TPSA) is 86.1 Å². The van der Waals surface area contributed by atoms with E-state index in [0.29, 0.717) is 21.7 Å². The molecule has 1 amide bonds. The van der Waals surface area contributed by atoms with Gasteiger partial charge in [-0.05, 0) is 48.7 Å². The van der Waals surface area contributed by atoms with Crippen LogP contribution in [0.1, 0.15) is 11.3 Å². The van der Waals surface area contributed by atoms with Crippen LogP contribution in [0, 0.1) is 13.8 Å². The molecule has 0 aliphatic rings. The van der Waals surface area contributed by atoms with Gasteiger partial charge in [0.15, 0.2) is 0 Å². The second-order valence-corrected chi connectivity index (χ2v) is 9.07.